The molecular weight excluding hydrogens is 451 g/mol. The van der Waals surface area contributed by atoms with Gasteiger partial charge in [0.2, 0.25) is 5.96 Å². The Kier molecular flexibility index (Phi) is 5.55. The van der Waals surface area contributed by atoms with E-state index in [1.54, 1.807) is 18.5 Å². The first kappa shape index (κ1) is 20.1. The molecule has 0 radical (unpaired) electrons. The van der Waals surface area contributed by atoms with Crippen LogP contribution in [0.2, 0.25) is 0 Å². The lowest BCUT2D eigenvalue weighted by Gasteiger charge is -2.41. The maximum absolute atomic E-state index is 13.5. The molecule has 3 heterocycles. The van der Waals surface area contributed by atoms with E-state index in [1.165, 1.54) is 6.07 Å². The molecule has 10 heteroatoms. The van der Waals surface area contributed by atoms with E-state index in [1.807, 2.05) is 24.2 Å². The predicted octanol–water partition coefficient (Wildman–Crippen LogP) is 3.44. The summed E-state index contributed by atoms with van der Waals surface area (Å²) in [6.45, 7) is 6.17. The molecule has 1 aliphatic rings. The molecule has 1 unspecified atom stereocenters. The number of nitriles is 1. The molecule has 8 nitrogen and oxygen atoms in total. The molecule has 30 heavy (non-hydrogen) atoms. The molecule has 154 valence electrons. The van der Waals surface area contributed by atoms with Gasteiger partial charge in [-0.15, -0.1) is 0 Å². The Morgan fingerprint density at radius 1 is 1.40 bits per heavy atom. The van der Waals surface area contributed by atoms with Crippen LogP contribution in [0.4, 0.5) is 15.9 Å². The SMILES string of the molecule is Cc1c[nH]c2ncnc(N3CCN(C(=Nc4ccc(F)c(Br)c4)NC#N)C(C)C3)c12. The highest BCUT2D eigenvalue weighted by Crippen LogP contribution is 2.28. The van der Waals surface area contributed by atoms with Gasteiger partial charge in [0.05, 0.1) is 15.5 Å². The van der Waals surface area contributed by atoms with Crippen molar-refractivity contribution in [1.29, 1.82) is 5.26 Å². The maximum Gasteiger partial charge on any atom is 0.212 e. The summed E-state index contributed by atoms with van der Waals surface area (Å²) in [7, 11) is 0. The first-order chi connectivity index (χ1) is 14.5. The number of aromatic amines is 1. The average Bonchev–Trinajstić information content (AvgIpc) is 3.11. The number of hydrogen-bond acceptors (Lipinski definition) is 5. The normalized spacial score (nSPS) is 17.3. The molecule has 4 rings (SSSR count). The van der Waals surface area contributed by atoms with Crippen LogP contribution in [0.15, 0.2) is 40.2 Å². The number of aryl methyl sites for hydroxylation is 1. The number of rotatable bonds is 2. The molecule has 2 N–H and O–H groups in total. The highest BCUT2D eigenvalue weighted by Gasteiger charge is 2.28. The van der Waals surface area contributed by atoms with Crippen molar-refractivity contribution in [3.05, 3.63) is 46.6 Å². The molecule has 0 amide bonds. The number of piperazine rings is 1. The Bertz CT molecular complexity index is 1150. The average molecular weight is 471 g/mol. The Hall–Kier alpha value is -3.19. The van der Waals surface area contributed by atoms with E-state index in [0.717, 1.165) is 22.4 Å². The van der Waals surface area contributed by atoms with Crippen LogP contribution in [0.3, 0.4) is 0 Å². The van der Waals surface area contributed by atoms with E-state index in [4.69, 9.17) is 0 Å². The van der Waals surface area contributed by atoms with Crippen LogP contribution in [0, 0.1) is 24.2 Å². The molecule has 0 aliphatic carbocycles. The van der Waals surface area contributed by atoms with Gasteiger partial charge in [0.15, 0.2) is 6.19 Å². The van der Waals surface area contributed by atoms with Gasteiger partial charge in [-0.25, -0.2) is 19.4 Å². The van der Waals surface area contributed by atoms with Crippen molar-refractivity contribution < 1.29 is 4.39 Å². The zero-order valence-electron chi connectivity index (χ0n) is 16.5. The summed E-state index contributed by atoms with van der Waals surface area (Å²) in [5, 5.41) is 12.9. The number of benzene rings is 1. The third kappa shape index (κ3) is 3.80. The highest BCUT2D eigenvalue weighted by atomic mass is 79.9. The number of aromatic nitrogens is 3. The van der Waals surface area contributed by atoms with Crippen LogP contribution >= 0.6 is 15.9 Å². The Morgan fingerprint density at radius 3 is 2.97 bits per heavy atom. The number of guanidine groups is 1. The topological polar surface area (TPSA) is 96.2 Å². The lowest BCUT2D eigenvalue weighted by molar-refractivity contribution is 0.291. The first-order valence-corrected chi connectivity index (χ1v) is 10.3. The smallest absolute Gasteiger partial charge is 0.212 e. The van der Waals surface area contributed by atoms with Gasteiger partial charge in [-0.1, -0.05) is 0 Å². The summed E-state index contributed by atoms with van der Waals surface area (Å²) < 4.78 is 13.9. The van der Waals surface area contributed by atoms with Crippen molar-refractivity contribution in [2.45, 2.75) is 19.9 Å². The Balaban J connectivity index is 1.59. The summed E-state index contributed by atoms with van der Waals surface area (Å²) in [6.07, 6.45) is 5.46. The molecule has 0 spiro atoms. The fraction of sp³-hybridized carbons (Fsp3) is 0.300. The van der Waals surface area contributed by atoms with Crippen molar-refractivity contribution in [3.63, 3.8) is 0 Å². The van der Waals surface area contributed by atoms with Crippen molar-refractivity contribution >= 4 is 44.4 Å². The largest absolute Gasteiger partial charge is 0.352 e. The fourth-order valence-corrected chi connectivity index (χ4v) is 4.06. The zero-order chi connectivity index (χ0) is 21.3. The van der Waals surface area contributed by atoms with Crippen molar-refractivity contribution in [2.24, 2.45) is 4.99 Å². The second kappa shape index (κ2) is 8.28. The number of aliphatic imine (C=N–C) groups is 1. The van der Waals surface area contributed by atoms with Crippen LogP contribution in [-0.4, -0.2) is 51.5 Å². The number of H-pyrrole nitrogens is 1. The summed E-state index contributed by atoms with van der Waals surface area (Å²) in [5.41, 5.74) is 2.48. The summed E-state index contributed by atoms with van der Waals surface area (Å²) in [5.74, 6) is 0.982. The number of fused-ring (bicyclic) bond motifs is 1. The Labute approximate surface area is 181 Å². The van der Waals surface area contributed by atoms with E-state index >= 15 is 0 Å². The number of hydrogen-bond donors (Lipinski definition) is 2. The molecule has 1 saturated heterocycles. The third-order valence-corrected chi connectivity index (χ3v) is 5.76. The standard InChI is InChI=1S/C20H20BrFN8/c1-12-8-24-18-17(12)19(27-11-26-18)29-5-6-30(13(2)9-29)20(25-10-23)28-14-3-4-16(22)15(21)7-14/h3-4,7-8,11,13H,5-6,9H2,1-2H3,(H,25,28)(H,24,26,27). The van der Waals surface area contributed by atoms with Gasteiger partial charge in [-0.2, -0.15) is 5.26 Å². The highest BCUT2D eigenvalue weighted by molar-refractivity contribution is 9.10. The second-order valence-electron chi connectivity index (χ2n) is 7.15. The van der Waals surface area contributed by atoms with E-state index < -0.39 is 0 Å². The fourth-order valence-electron chi connectivity index (χ4n) is 3.69. The van der Waals surface area contributed by atoms with Gasteiger partial charge in [0.1, 0.15) is 23.6 Å². The van der Waals surface area contributed by atoms with Crippen molar-refractivity contribution in [1.82, 2.24) is 25.2 Å². The van der Waals surface area contributed by atoms with E-state index in [0.29, 0.717) is 35.8 Å². The summed E-state index contributed by atoms with van der Waals surface area (Å²) >= 11 is 3.17. The quantitative estimate of drug-likeness (QED) is 0.257. The second-order valence-corrected chi connectivity index (χ2v) is 8.01. The van der Waals surface area contributed by atoms with Crippen LogP contribution in [0.5, 0.6) is 0 Å². The monoisotopic (exact) mass is 470 g/mol. The number of halogens is 2. The van der Waals surface area contributed by atoms with Gasteiger partial charge in [-0.3, -0.25) is 5.32 Å². The van der Waals surface area contributed by atoms with Crippen LogP contribution in [-0.2, 0) is 0 Å². The van der Waals surface area contributed by atoms with E-state index in [-0.39, 0.29) is 11.9 Å². The molecule has 1 atom stereocenters. The molecule has 1 aromatic carbocycles. The minimum absolute atomic E-state index is 0.0616. The van der Waals surface area contributed by atoms with Crippen molar-refractivity contribution in [2.75, 3.05) is 24.5 Å². The molecule has 3 aromatic rings. The maximum atomic E-state index is 13.5. The molecular formula is C20H20BrFN8. The van der Waals surface area contributed by atoms with Gasteiger partial charge in [0.25, 0.3) is 0 Å². The van der Waals surface area contributed by atoms with Gasteiger partial charge < -0.3 is 14.8 Å². The van der Waals surface area contributed by atoms with Crippen LogP contribution < -0.4 is 10.2 Å². The molecule has 0 bridgehead atoms. The lowest BCUT2D eigenvalue weighted by atomic mass is 10.1. The predicted molar refractivity (Wildman–Crippen MR) is 117 cm³/mol. The number of nitrogens with zero attached hydrogens (tertiary/aromatic N) is 6. The summed E-state index contributed by atoms with van der Waals surface area (Å²) in [4.78, 5) is 20.8. The van der Waals surface area contributed by atoms with E-state index in [2.05, 4.69) is 53.0 Å². The Morgan fingerprint density at radius 2 is 2.23 bits per heavy atom. The minimum atomic E-state index is -0.359. The summed E-state index contributed by atoms with van der Waals surface area (Å²) in [6, 6.07) is 4.56. The van der Waals surface area contributed by atoms with Crippen LogP contribution in [0.25, 0.3) is 11.0 Å². The first-order valence-electron chi connectivity index (χ1n) is 9.47. The van der Waals surface area contributed by atoms with Crippen LogP contribution in [0.1, 0.15) is 12.5 Å². The number of nitrogens with one attached hydrogen (secondary N) is 2. The van der Waals surface area contributed by atoms with Gasteiger partial charge in [-0.05, 0) is 53.5 Å². The molecule has 0 saturated carbocycles. The third-order valence-electron chi connectivity index (χ3n) is 5.15. The molecule has 1 aliphatic heterocycles. The minimum Gasteiger partial charge on any atom is -0.352 e. The molecule has 2 aromatic heterocycles. The molecule has 1 fully saturated rings. The van der Waals surface area contributed by atoms with E-state index in [9.17, 15) is 9.65 Å². The zero-order valence-corrected chi connectivity index (χ0v) is 18.1. The van der Waals surface area contributed by atoms with Gasteiger partial charge >= 0.3 is 0 Å². The lowest BCUT2D eigenvalue weighted by Crippen LogP contribution is -2.56. The van der Waals surface area contributed by atoms with Crippen molar-refractivity contribution in [3.8, 4) is 6.19 Å². The number of anilines is 1. The van der Waals surface area contributed by atoms with Gasteiger partial charge in [0, 0.05) is 31.9 Å².